The molecule has 21 heavy (non-hydrogen) atoms. The van der Waals surface area contributed by atoms with E-state index in [4.69, 9.17) is 0 Å². The number of carbonyl (C=O) groups excluding carboxylic acids is 1. The molecule has 0 saturated carbocycles. The summed E-state index contributed by atoms with van der Waals surface area (Å²) < 4.78 is 66.4. The van der Waals surface area contributed by atoms with Crippen LogP contribution < -0.4 is 5.32 Å². The fourth-order valence-corrected chi connectivity index (χ4v) is 2.90. The van der Waals surface area contributed by atoms with E-state index in [1.165, 1.54) is 11.3 Å². The summed E-state index contributed by atoms with van der Waals surface area (Å²) in [7, 11) is 0. The van der Waals surface area contributed by atoms with Crippen LogP contribution in [0.5, 0.6) is 0 Å². The summed E-state index contributed by atoms with van der Waals surface area (Å²) in [5.74, 6) is -12.3. The first kappa shape index (κ1) is 15.9. The van der Waals surface area contributed by atoms with E-state index in [1.54, 1.807) is 11.4 Å². The second-order valence-electron chi connectivity index (χ2n) is 3.86. The van der Waals surface area contributed by atoms with Gasteiger partial charge < -0.3 is 5.32 Å². The molecule has 2 aromatic rings. The van der Waals surface area contributed by atoms with E-state index in [2.05, 4.69) is 21.2 Å². The van der Waals surface area contributed by atoms with Crippen molar-refractivity contribution in [3.05, 3.63) is 55.4 Å². The topological polar surface area (TPSA) is 29.1 Å². The lowest BCUT2D eigenvalue weighted by atomic mass is 10.1. The average Bonchev–Trinajstić information content (AvgIpc) is 2.86. The predicted molar refractivity (Wildman–Crippen MR) is 69.4 cm³/mol. The summed E-state index contributed by atoms with van der Waals surface area (Å²) in [6.45, 7) is -0.103. The highest BCUT2D eigenvalue weighted by Gasteiger charge is 2.29. The molecule has 2 rings (SSSR count). The van der Waals surface area contributed by atoms with Gasteiger partial charge in [-0.25, -0.2) is 22.0 Å². The number of rotatable bonds is 3. The van der Waals surface area contributed by atoms with Crippen LogP contribution in [-0.4, -0.2) is 5.91 Å². The maximum atomic E-state index is 13.4. The first-order chi connectivity index (χ1) is 9.82. The van der Waals surface area contributed by atoms with Crippen molar-refractivity contribution in [2.24, 2.45) is 0 Å². The molecular formula is C12H5BrF5NOS. The third kappa shape index (κ3) is 3.08. The van der Waals surface area contributed by atoms with Crippen molar-refractivity contribution in [3.63, 3.8) is 0 Å². The zero-order valence-corrected chi connectivity index (χ0v) is 12.3. The molecule has 0 radical (unpaired) electrons. The molecule has 0 bridgehead atoms. The molecule has 0 spiro atoms. The van der Waals surface area contributed by atoms with E-state index in [1.807, 2.05) is 0 Å². The summed E-state index contributed by atoms with van der Waals surface area (Å²) in [6, 6.07) is 1.64. The zero-order valence-electron chi connectivity index (χ0n) is 9.95. The molecule has 1 amide bonds. The predicted octanol–water partition coefficient (Wildman–Crippen LogP) is 4.14. The van der Waals surface area contributed by atoms with Crippen molar-refractivity contribution >= 4 is 33.2 Å². The Morgan fingerprint density at radius 3 is 2.05 bits per heavy atom. The largest absolute Gasteiger partial charge is 0.347 e. The highest BCUT2D eigenvalue weighted by Crippen LogP contribution is 2.23. The second kappa shape index (κ2) is 6.10. The molecule has 112 valence electrons. The van der Waals surface area contributed by atoms with Gasteiger partial charge in [-0.05, 0) is 22.0 Å². The Kier molecular flexibility index (Phi) is 4.62. The Morgan fingerprint density at radius 1 is 1.05 bits per heavy atom. The molecule has 9 heteroatoms. The molecule has 1 heterocycles. The summed E-state index contributed by atoms with van der Waals surface area (Å²) in [5, 5.41) is 3.81. The molecule has 0 aliphatic rings. The summed E-state index contributed by atoms with van der Waals surface area (Å²) in [5.41, 5.74) is -1.50. The van der Waals surface area contributed by atoms with Crippen molar-refractivity contribution in [3.8, 4) is 0 Å². The van der Waals surface area contributed by atoms with Crippen molar-refractivity contribution in [1.29, 1.82) is 0 Å². The van der Waals surface area contributed by atoms with Gasteiger partial charge in [0.05, 0.1) is 6.54 Å². The highest BCUT2D eigenvalue weighted by atomic mass is 79.9. The maximum absolute atomic E-state index is 13.4. The normalized spacial score (nSPS) is 10.8. The SMILES string of the molecule is O=C(NCc1cc(Br)cs1)c1c(F)c(F)c(F)c(F)c1F. The molecular weight excluding hydrogens is 381 g/mol. The molecule has 1 aromatic heterocycles. The van der Waals surface area contributed by atoms with Gasteiger partial charge in [0.2, 0.25) is 5.82 Å². The lowest BCUT2D eigenvalue weighted by Gasteiger charge is -2.08. The van der Waals surface area contributed by atoms with Gasteiger partial charge >= 0.3 is 0 Å². The van der Waals surface area contributed by atoms with E-state index in [0.717, 1.165) is 4.47 Å². The van der Waals surface area contributed by atoms with Crippen LogP contribution in [0.3, 0.4) is 0 Å². The summed E-state index contributed by atoms with van der Waals surface area (Å²) >= 11 is 4.42. The highest BCUT2D eigenvalue weighted by molar-refractivity contribution is 9.10. The van der Waals surface area contributed by atoms with Crippen LogP contribution >= 0.6 is 27.3 Å². The third-order valence-electron chi connectivity index (χ3n) is 2.48. The van der Waals surface area contributed by atoms with Crippen molar-refractivity contribution < 1.29 is 26.7 Å². The van der Waals surface area contributed by atoms with Gasteiger partial charge in [0.1, 0.15) is 5.56 Å². The zero-order chi connectivity index (χ0) is 15.7. The molecule has 1 N–H and O–H groups in total. The van der Waals surface area contributed by atoms with Crippen LogP contribution in [-0.2, 0) is 6.54 Å². The molecule has 2 nitrogen and oxygen atoms in total. The molecule has 0 aliphatic carbocycles. The third-order valence-corrected chi connectivity index (χ3v) is 4.18. The number of hydrogen-bond donors (Lipinski definition) is 1. The van der Waals surface area contributed by atoms with E-state index < -0.39 is 40.6 Å². The van der Waals surface area contributed by atoms with Gasteiger partial charge in [-0.15, -0.1) is 11.3 Å². The Hall–Kier alpha value is -1.48. The van der Waals surface area contributed by atoms with Crippen LogP contribution in [0.4, 0.5) is 22.0 Å². The van der Waals surface area contributed by atoms with Gasteiger partial charge in [0.15, 0.2) is 23.3 Å². The van der Waals surface area contributed by atoms with Crippen LogP contribution in [0.25, 0.3) is 0 Å². The number of benzene rings is 1. The molecule has 1 aromatic carbocycles. The monoisotopic (exact) mass is 385 g/mol. The summed E-state index contributed by atoms with van der Waals surface area (Å²) in [4.78, 5) is 12.3. The van der Waals surface area contributed by atoms with E-state index in [-0.39, 0.29) is 6.54 Å². The molecule has 0 aliphatic heterocycles. The first-order valence-electron chi connectivity index (χ1n) is 5.35. The summed E-state index contributed by atoms with van der Waals surface area (Å²) in [6.07, 6.45) is 0. The van der Waals surface area contributed by atoms with Crippen LogP contribution in [0.1, 0.15) is 15.2 Å². The van der Waals surface area contributed by atoms with E-state index in [9.17, 15) is 26.7 Å². The molecule has 0 atom stereocenters. The standard InChI is InChI=1S/C12H5BrF5NOS/c13-4-1-5(21-3-4)2-19-12(20)6-7(14)9(16)11(18)10(17)8(6)15/h1,3H,2H2,(H,19,20). The number of amides is 1. The van der Waals surface area contributed by atoms with Crippen molar-refractivity contribution in [2.45, 2.75) is 6.54 Å². The van der Waals surface area contributed by atoms with Gasteiger partial charge in [-0.2, -0.15) is 0 Å². The number of thiophene rings is 1. The fourth-order valence-electron chi connectivity index (χ4n) is 1.51. The number of halogens is 6. The fraction of sp³-hybridized carbons (Fsp3) is 0.0833. The van der Waals surface area contributed by atoms with E-state index in [0.29, 0.717) is 4.88 Å². The minimum absolute atomic E-state index is 0.103. The minimum Gasteiger partial charge on any atom is -0.347 e. The number of hydrogen-bond acceptors (Lipinski definition) is 2. The Balaban J connectivity index is 2.27. The van der Waals surface area contributed by atoms with Gasteiger partial charge in [-0.1, -0.05) is 0 Å². The van der Waals surface area contributed by atoms with Crippen LogP contribution in [0, 0.1) is 29.1 Å². The van der Waals surface area contributed by atoms with Crippen LogP contribution in [0.15, 0.2) is 15.9 Å². The molecule has 0 saturated heterocycles. The average molecular weight is 386 g/mol. The number of nitrogens with one attached hydrogen (secondary N) is 1. The molecule has 0 fully saturated rings. The minimum atomic E-state index is -2.30. The second-order valence-corrected chi connectivity index (χ2v) is 5.77. The number of carbonyl (C=O) groups is 1. The Labute approximate surface area is 127 Å². The molecule has 0 unspecified atom stereocenters. The van der Waals surface area contributed by atoms with Gasteiger partial charge in [0, 0.05) is 14.7 Å². The maximum Gasteiger partial charge on any atom is 0.257 e. The quantitative estimate of drug-likeness (QED) is 0.480. The van der Waals surface area contributed by atoms with Crippen molar-refractivity contribution in [1.82, 2.24) is 5.32 Å². The lowest BCUT2D eigenvalue weighted by Crippen LogP contribution is -2.26. The van der Waals surface area contributed by atoms with Gasteiger partial charge in [-0.3, -0.25) is 4.79 Å². The van der Waals surface area contributed by atoms with Crippen molar-refractivity contribution in [2.75, 3.05) is 0 Å². The van der Waals surface area contributed by atoms with E-state index >= 15 is 0 Å². The Bertz CT molecular complexity index is 689. The Morgan fingerprint density at radius 2 is 1.57 bits per heavy atom. The van der Waals surface area contributed by atoms with Crippen LogP contribution in [0.2, 0.25) is 0 Å². The smallest absolute Gasteiger partial charge is 0.257 e. The lowest BCUT2D eigenvalue weighted by molar-refractivity contribution is 0.0939. The first-order valence-corrected chi connectivity index (χ1v) is 7.02. The van der Waals surface area contributed by atoms with Gasteiger partial charge in [0.25, 0.3) is 5.91 Å².